The Balaban J connectivity index is 2.01. The van der Waals surface area contributed by atoms with Gasteiger partial charge in [-0.1, -0.05) is 11.6 Å². The normalized spacial score (nSPS) is 19.7. The number of rotatable bonds is 4. The van der Waals surface area contributed by atoms with E-state index in [0.29, 0.717) is 37.0 Å². The SMILES string of the molecule is COCC[C@@H]1CN(C(=O)c2cc(Cl)cn2C)CCO1. The van der Waals surface area contributed by atoms with E-state index in [0.717, 1.165) is 6.42 Å². The summed E-state index contributed by atoms with van der Waals surface area (Å²) in [5.41, 5.74) is 0.609. The summed E-state index contributed by atoms with van der Waals surface area (Å²) in [7, 11) is 3.49. The lowest BCUT2D eigenvalue weighted by Crippen LogP contribution is -2.46. The molecule has 6 heteroatoms. The van der Waals surface area contributed by atoms with Crippen LogP contribution in [0.4, 0.5) is 0 Å². The summed E-state index contributed by atoms with van der Waals surface area (Å²) in [4.78, 5) is 14.2. The molecule has 1 aromatic rings. The smallest absolute Gasteiger partial charge is 0.270 e. The molecule has 106 valence electrons. The van der Waals surface area contributed by atoms with Gasteiger partial charge in [-0.15, -0.1) is 0 Å². The second-order valence-corrected chi connectivity index (χ2v) is 5.12. The lowest BCUT2D eigenvalue weighted by atomic mass is 10.2. The zero-order chi connectivity index (χ0) is 13.8. The molecule has 19 heavy (non-hydrogen) atoms. The third-order valence-corrected chi connectivity index (χ3v) is 3.47. The van der Waals surface area contributed by atoms with Gasteiger partial charge in [0.1, 0.15) is 5.69 Å². The maximum absolute atomic E-state index is 12.4. The first-order chi connectivity index (χ1) is 9.11. The minimum atomic E-state index is 0.000108. The Morgan fingerprint density at radius 3 is 3.05 bits per heavy atom. The molecule has 0 bridgehead atoms. The van der Waals surface area contributed by atoms with Crippen molar-refractivity contribution in [3.05, 3.63) is 23.0 Å². The van der Waals surface area contributed by atoms with Crippen molar-refractivity contribution in [1.29, 1.82) is 0 Å². The van der Waals surface area contributed by atoms with Gasteiger partial charge in [-0.25, -0.2) is 0 Å². The van der Waals surface area contributed by atoms with Gasteiger partial charge in [0.05, 0.1) is 17.7 Å². The molecular formula is C13H19ClN2O3. The van der Waals surface area contributed by atoms with Gasteiger partial charge in [0, 0.05) is 40.1 Å². The van der Waals surface area contributed by atoms with Gasteiger partial charge >= 0.3 is 0 Å². The van der Waals surface area contributed by atoms with Crippen LogP contribution in [0, 0.1) is 0 Å². The van der Waals surface area contributed by atoms with Crippen molar-refractivity contribution in [2.45, 2.75) is 12.5 Å². The molecule has 0 N–H and O–H groups in total. The van der Waals surface area contributed by atoms with Gasteiger partial charge in [-0.05, 0) is 12.5 Å². The summed E-state index contributed by atoms with van der Waals surface area (Å²) in [6, 6.07) is 1.70. The highest BCUT2D eigenvalue weighted by molar-refractivity contribution is 6.31. The van der Waals surface area contributed by atoms with Gasteiger partial charge in [0.2, 0.25) is 0 Å². The molecule has 2 heterocycles. The first-order valence-electron chi connectivity index (χ1n) is 6.33. The number of amides is 1. The Labute approximate surface area is 118 Å². The fourth-order valence-electron chi connectivity index (χ4n) is 2.23. The van der Waals surface area contributed by atoms with E-state index < -0.39 is 0 Å². The lowest BCUT2D eigenvalue weighted by Gasteiger charge is -2.33. The van der Waals surface area contributed by atoms with E-state index in [4.69, 9.17) is 21.1 Å². The molecule has 0 aliphatic carbocycles. The largest absolute Gasteiger partial charge is 0.385 e. The molecule has 0 unspecified atom stereocenters. The van der Waals surface area contributed by atoms with Gasteiger partial charge in [-0.3, -0.25) is 4.79 Å². The molecule has 5 nitrogen and oxygen atoms in total. The molecule has 0 saturated carbocycles. The topological polar surface area (TPSA) is 43.7 Å². The number of methoxy groups -OCH3 is 1. The van der Waals surface area contributed by atoms with Crippen LogP contribution in [0.15, 0.2) is 12.3 Å². The second kappa shape index (κ2) is 6.41. The van der Waals surface area contributed by atoms with Crippen molar-refractivity contribution in [2.24, 2.45) is 7.05 Å². The van der Waals surface area contributed by atoms with E-state index in [2.05, 4.69) is 0 Å². The number of nitrogens with zero attached hydrogens (tertiary/aromatic N) is 2. The summed E-state index contributed by atoms with van der Waals surface area (Å²) in [6.45, 7) is 2.43. The van der Waals surface area contributed by atoms with Crippen LogP contribution < -0.4 is 0 Å². The number of ether oxygens (including phenoxy) is 2. The summed E-state index contributed by atoms with van der Waals surface area (Å²) in [5.74, 6) is 0.000108. The van der Waals surface area contributed by atoms with Crippen LogP contribution in [0.1, 0.15) is 16.9 Å². The van der Waals surface area contributed by atoms with E-state index in [-0.39, 0.29) is 12.0 Å². The molecule has 1 atom stereocenters. The van der Waals surface area contributed by atoms with Crippen LogP contribution in [0.5, 0.6) is 0 Å². The molecular weight excluding hydrogens is 268 g/mol. The fourth-order valence-corrected chi connectivity index (χ4v) is 2.48. The highest BCUT2D eigenvalue weighted by atomic mass is 35.5. The number of carbonyl (C=O) groups excluding carboxylic acids is 1. The number of halogens is 1. The molecule has 1 amide bonds. The van der Waals surface area contributed by atoms with Crippen LogP contribution in [-0.2, 0) is 16.5 Å². The monoisotopic (exact) mass is 286 g/mol. The average Bonchev–Trinajstić information content (AvgIpc) is 2.75. The standard InChI is InChI=1S/C13H19ClN2O3/c1-15-8-10(14)7-12(15)13(17)16-4-6-19-11(9-16)3-5-18-2/h7-8,11H,3-6,9H2,1-2H3/t11-/m1/s1. The van der Waals surface area contributed by atoms with Crippen LogP contribution in [0.25, 0.3) is 0 Å². The van der Waals surface area contributed by atoms with Gasteiger partial charge < -0.3 is 18.9 Å². The number of aromatic nitrogens is 1. The van der Waals surface area contributed by atoms with E-state index in [9.17, 15) is 4.79 Å². The van der Waals surface area contributed by atoms with E-state index in [1.54, 1.807) is 23.9 Å². The van der Waals surface area contributed by atoms with E-state index in [1.807, 2.05) is 11.9 Å². The fraction of sp³-hybridized carbons (Fsp3) is 0.615. The average molecular weight is 287 g/mol. The van der Waals surface area contributed by atoms with E-state index >= 15 is 0 Å². The highest BCUT2D eigenvalue weighted by Crippen LogP contribution is 2.17. The Bertz CT molecular complexity index is 447. The first-order valence-corrected chi connectivity index (χ1v) is 6.71. The van der Waals surface area contributed by atoms with Crippen LogP contribution in [0.3, 0.4) is 0 Å². The van der Waals surface area contributed by atoms with Crippen LogP contribution in [-0.4, -0.2) is 54.9 Å². The second-order valence-electron chi connectivity index (χ2n) is 4.68. The first kappa shape index (κ1) is 14.4. The van der Waals surface area contributed by atoms with Crippen molar-refractivity contribution in [1.82, 2.24) is 9.47 Å². The summed E-state index contributed by atoms with van der Waals surface area (Å²) in [5, 5.41) is 0.579. The van der Waals surface area contributed by atoms with Crippen LogP contribution >= 0.6 is 11.6 Å². The number of morpholine rings is 1. The van der Waals surface area contributed by atoms with Crippen molar-refractivity contribution in [3.63, 3.8) is 0 Å². The molecule has 1 aromatic heterocycles. The lowest BCUT2D eigenvalue weighted by molar-refractivity contribution is -0.0335. The Kier molecular flexibility index (Phi) is 4.85. The Hall–Kier alpha value is -1.04. The van der Waals surface area contributed by atoms with Crippen molar-refractivity contribution < 1.29 is 14.3 Å². The maximum Gasteiger partial charge on any atom is 0.270 e. The molecule has 1 aliphatic heterocycles. The predicted octanol–water partition coefficient (Wildman–Crippen LogP) is 1.56. The number of hydrogen-bond acceptors (Lipinski definition) is 3. The number of hydrogen-bond donors (Lipinski definition) is 0. The molecule has 1 saturated heterocycles. The molecule has 1 aliphatic rings. The quantitative estimate of drug-likeness (QED) is 0.844. The van der Waals surface area contributed by atoms with Gasteiger partial charge in [0.25, 0.3) is 5.91 Å². The summed E-state index contributed by atoms with van der Waals surface area (Å²) >= 11 is 5.91. The Morgan fingerprint density at radius 1 is 1.63 bits per heavy atom. The van der Waals surface area contributed by atoms with Crippen molar-refractivity contribution >= 4 is 17.5 Å². The summed E-state index contributed by atoms with van der Waals surface area (Å²) in [6.07, 6.45) is 2.58. The molecule has 0 radical (unpaired) electrons. The molecule has 2 rings (SSSR count). The number of carbonyl (C=O) groups is 1. The molecule has 1 fully saturated rings. The van der Waals surface area contributed by atoms with Crippen molar-refractivity contribution in [3.8, 4) is 0 Å². The Morgan fingerprint density at radius 2 is 2.42 bits per heavy atom. The molecule has 0 aromatic carbocycles. The highest BCUT2D eigenvalue weighted by Gasteiger charge is 2.26. The minimum Gasteiger partial charge on any atom is -0.385 e. The maximum atomic E-state index is 12.4. The van der Waals surface area contributed by atoms with Gasteiger partial charge in [0.15, 0.2) is 0 Å². The predicted molar refractivity (Wildman–Crippen MR) is 72.6 cm³/mol. The third-order valence-electron chi connectivity index (χ3n) is 3.26. The van der Waals surface area contributed by atoms with Gasteiger partial charge in [-0.2, -0.15) is 0 Å². The van der Waals surface area contributed by atoms with Crippen LogP contribution in [0.2, 0.25) is 5.02 Å². The summed E-state index contributed by atoms with van der Waals surface area (Å²) < 4.78 is 12.4. The third kappa shape index (κ3) is 3.49. The van der Waals surface area contributed by atoms with E-state index in [1.165, 1.54) is 0 Å². The number of aryl methyl sites for hydroxylation is 1. The molecule has 0 spiro atoms. The zero-order valence-electron chi connectivity index (χ0n) is 11.3. The minimum absolute atomic E-state index is 0.000108. The zero-order valence-corrected chi connectivity index (χ0v) is 12.0. The van der Waals surface area contributed by atoms with Crippen molar-refractivity contribution in [2.75, 3.05) is 33.4 Å².